The minimum absolute atomic E-state index is 0.0674. The molecule has 4 rings (SSSR count). The molecule has 2 aromatic carbocycles. The Kier molecular flexibility index (Phi) is 5.20. The summed E-state index contributed by atoms with van der Waals surface area (Å²) in [7, 11) is 0. The topological polar surface area (TPSA) is 81.4 Å². The van der Waals surface area contributed by atoms with E-state index < -0.39 is 0 Å². The Labute approximate surface area is 168 Å². The Morgan fingerprint density at radius 1 is 1.00 bits per heavy atom. The molecule has 146 valence electrons. The zero-order valence-electron chi connectivity index (χ0n) is 16.3. The number of hydrogen-bond acceptors (Lipinski definition) is 5. The van der Waals surface area contributed by atoms with Crippen molar-refractivity contribution in [3.8, 4) is 17.0 Å². The highest BCUT2D eigenvalue weighted by atomic mass is 16.5. The van der Waals surface area contributed by atoms with Crippen LogP contribution in [0.1, 0.15) is 17.0 Å². The zero-order valence-corrected chi connectivity index (χ0v) is 16.3. The fourth-order valence-electron chi connectivity index (χ4n) is 2.89. The minimum Gasteiger partial charge on any atom is -0.484 e. The molecular formula is C22H21N5O2. The molecular weight excluding hydrogens is 366 g/mol. The first-order chi connectivity index (χ1) is 14.1. The number of fused-ring (bicyclic) bond motifs is 1. The molecule has 7 heteroatoms. The van der Waals surface area contributed by atoms with Gasteiger partial charge in [0.2, 0.25) is 0 Å². The number of carbonyl (C=O) groups excluding carboxylic acids is 1. The summed E-state index contributed by atoms with van der Waals surface area (Å²) in [4.78, 5) is 12.1. The van der Waals surface area contributed by atoms with Crippen LogP contribution in [0.4, 0.5) is 0 Å². The number of para-hydroxylation sites is 1. The van der Waals surface area contributed by atoms with Crippen molar-refractivity contribution < 1.29 is 9.53 Å². The SMILES string of the molecule is Cc1ccc(-c2ccc3nnc(CNC(=O)COc4ccccc4)n3n2)cc1C. The van der Waals surface area contributed by atoms with Crippen LogP contribution < -0.4 is 10.1 Å². The third-order valence-corrected chi connectivity index (χ3v) is 4.69. The molecule has 0 atom stereocenters. The number of rotatable bonds is 6. The van der Waals surface area contributed by atoms with Gasteiger partial charge in [0.1, 0.15) is 5.75 Å². The number of aryl methyl sites for hydroxylation is 2. The molecule has 7 nitrogen and oxygen atoms in total. The van der Waals surface area contributed by atoms with Gasteiger partial charge in [-0.25, -0.2) is 0 Å². The van der Waals surface area contributed by atoms with E-state index in [1.54, 1.807) is 16.6 Å². The van der Waals surface area contributed by atoms with Crippen molar-refractivity contribution in [2.45, 2.75) is 20.4 Å². The van der Waals surface area contributed by atoms with Crippen LogP contribution in [0, 0.1) is 13.8 Å². The smallest absolute Gasteiger partial charge is 0.258 e. The van der Waals surface area contributed by atoms with Crippen LogP contribution in [0.25, 0.3) is 16.9 Å². The summed E-state index contributed by atoms with van der Waals surface area (Å²) in [5, 5.41) is 15.7. The van der Waals surface area contributed by atoms with Gasteiger partial charge in [0.15, 0.2) is 18.1 Å². The minimum atomic E-state index is -0.240. The maximum Gasteiger partial charge on any atom is 0.258 e. The molecule has 4 aromatic rings. The van der Waals surface area contributed by atoms with Gasteiger partial charge >= 0.3 is 0 Å². The largest absolute Gasteiger partial charge is 0.484 e. The van der Waals surface area contributed by atoms with Crippen LogP contribution in [0.5, 0.6) is 5.75 Å². The van der Waals surface area contributed by atoms with Crippen LogP contribution in [0.2, 0.25) is 0 Å². The van der Waals surface area contributed by atoms with E-state index in [1.165, 1.54) is 11.1 Å². The zero-order chi connectivity index (χ0) is 20.2. The summed E-state index contributed by atoms with van der Waals surface area (Å²) in [6.07, 6.45) is 0. The summed E-state index contributed by atoms with van der Waals surface area (Å²) in [6.45, 7) is 4.30. The van der Waals surface area contributed by atoms with Gasteiger partial charge in [-0.3, -0.25) is 4.79 Å². The lowest BCUT2D eigenvalue weighted by Crippen LogP contribution is -2.29. The average Bonchev–Trinajstić information content (AvgIpc) is 3.15. The molecule has 1 amide bonds. The molecule has 0 fully saturated rings. The van der Waals surface area contributed by atoms with E-state index in [1.807, 2.05) is 36.4 Å². The fraction of sp³-hybridized carbons (Fsp3) is 0.182. The molecule has 2 aromatic heterocycles. The molecule has 0 spiro atoms. The first kappa shape index (κ1) is 18.6. The maximum atomic E-state index is 12.1. The van der Waals surface area contributed by atoms with E-state index in [-0.39, 0.29) is 19.1 Å². The molecule has 0 aliphatic carbocycles. The highest BCUT2D eigenvalue weighted by Gasteiger charge is 2.11. The summed E-state index contributed by atoms with van der Waals surface area (Å²) in [6, 6.07) is 19.2. The van der Waals surface area contributed by atoms with E-state index in [0.29, 0.717) is 17.2 Å². The summed E-state index contributed by atoms with van der Waals surface area (Å²) in [5.41, 5.74) is 4.91. The standard InChI is InChI=1S/C22H21N5O2/c1-15-8-9-17(12-16(15)2)19-10-11-20-24-25-21(27(20)26-19)13-23-22(28)14-29-18-6-4-3-5-7-18/h3-12H,13-14H2,1-2H3,(H,23,28). The Balaban J connectivity index is 1.46. The Bertz CT molecular complexity index is 1150. The van der Waals surface area contributed by atoms with Crippen LogP contribution in [-0.4, -0.2) is 32.3 Å². The van der Waals surface area contributed by atoms with Gasteiger partial charge < -0.3 is 10.1 Å². The normalized spacial score (nSPS) is 10.8. The van der Waals surface area contributed by atoms with Crippen molar-refractivity contribution in [1.82, 2.24) is 25.1 Å². The van der Waals surface area contributed by atoms with Crippen molar-refractivity contribution in [2.75, 3.05) is 6.61 Å². The second-order valence-electron chi connectivity index (χ2n) is 6.78. The van der Waals surface area contributed by atoms with Gasteiger partial charge in [-0.05, 0) is 55.3 Å². The highest BCUT2D eigenvalue weighted by molar-refractivity contribution is 5.77. The third-order valence-electron chi connectivity index (χ3n) is 4.69. The molecule has 29 heavy (non-hydrogen) atoms. The Morgan fingerprint density at radius 3 is 2.62 bits per heavy atom. The summed E-state index contributed by atoms with van der Waals surface area (Å²) < 4.78 is 7.11. The van der Waals surface area contributed by atoms with Gasteiger partial charge in [-0.2, -0.15) is 9.61 Å². The van der Waals surface area contributed by atoms with E-state index in [0.717, 1.165) is 11.3 Å². The van der Waals surface area contributed by atoms with E-state index >= 15 is 0 Å². The van der Waals surface area contributed by atoms with E-state index in [4.69, 9.17) is 4.74 Å². The Hall–Kier alpha value is -3.74. The van der Waals surface area contributed by atoms with E-state index in [9.17, 15) is 4.79 Å². The molecule has 0 aliphatic heterocycles. The first-order valence-corrected chi connectivity index (χ1v) is 9.34. The van der Waals surface area contributed by atoms with Crippen molar-refractivity contribution >= 4 is 11.6 Å². The van der Waals surface area contributed by atoms with Crippen molar-refractivity contribution in [1.29, 1.82) is 0 Å². The van der Waals surface area contributed by atoms with Crippen molar-refractivity contribution in [3.05, 3.63) is 77.6 Å². The van der Waals surface area contributed by atoms with Gasteiger partial charge in [-0.1, -0.05) is 30.3 Å². The van der Waals surface area contributed by atoms with Gasteiger partial charge in [-0.15, -0.1) is 10.2 Å². The quantitative estimate of drug-likeness (QED) is 0.550. The van der Waals surface area contributed by atoms with Gasteiger partial charge in [0, 0.05) is 5.56 Å². The summed E-state index contributed by atoms with van der Waals surface area (Å²) in [5.74, 6) is 0.963. The number of hydrogen-bond donors (Lipinski definition) is 1. The maximum absolute atomic E-state index is 12.1. The lowest BCUT2D eigenvalue weighted by molar-refractivity contribution is -0.123. The lowest BCUT2D eigenvalue weighted by Gasteiger charge is -2.07. The molecule has 2 heterocycles. The van der Waals surface area contributed by atoms with Crippen LogP contribution >= 0.6 is 0 Å². The van der Waals surface area contributed by atoms with Gasteiger partial charge in [0.05, 0.1) is 12.2 Å². The van der Waals surface area contributed by atoms with E-state index in [2.05, 4.69) is 46.6 Å². The predicted octanol–water partition coefficient (Wildman–Crippen LogP) is 3.10. The van der Waals surface area contributed by atoms with Crippen LogP contribution in [-0.2, 0) is 11.3 Å². The number of carbonyl (C=O) groups is 1. The predicted molar refractivity (Wildman–Crippen MR) is 109 cm³/mol. The molecule has 0 saturated heterocycles. The third kappa shape index (κ3) is 4.24. The Morgan fingerprint density at radius 2 is 1.83 bits per heavy atom. The second kappa shape index (κ2) is 8.10. The molecule has 1 N–H and O–H groups in total. The molecule has 0 aliphatic rings. The molecule has 0 radical (unpaired) electrons. The summed E-state index contributed by atoms with van der Waals surface area (Å²) >= 11 is 0. The number of aromatic nitrogens is 4. The second-order valence-corrected chi connectivity index (χ2v) is 6.78. The van der Waals surface area contributed by atoms with Gasteiger partial charge in [0.25, 0.3) is 5.91 Å². The number of benzene rings is 2. The number of ether oxygens (including phenoxy) is 1. The molecule has 0 unspecified atom stereocenters. The highest BCUT2D eigenvalue weighted by Crippen LogP contribution is 2.20. The number of nitrogens with zero attached hydrogens (tertiary/aromatic N) is 4. The number of nitrogens with one attached hydrogen (secondary N) is 1. The van der Waals surface area contributed by atoms with Crippen molar-refractivity contribution in [2.24, 2.45) is 0 Å². The molecule has 0 saturated carbocycles. The fourth-order valence-corrected chi connectivity index (χ4v) is 2.89. The first-order valence-electron chi connectivity index (χ1n) is 9.34. The van der Waals surface area contributed by atoms with Crippen LogP contribution in [0.3, 0.4) is 0 Å². The monoisotopic (exact) mass is 387 g/mol. The van der Waals surface area contributed by atoms with Crippen LogP contribution in [0.15, 0.2) is 60.7 Å². The number of amides is 1. The lowest BCUT2D eigenvalue weighted by atomic mass is 10.0. The van der Waals surface area contributed by atoms with Crippen molar-refractivity contribution in [3.63, 3.8) is 0 Å². The molecule has 0 bridgehead atoms. The average molecular weight is 387 g/mol.